The molecule has 0 unspecified atom stereocenters. The van der Waals surface area contributed by atoms with Crippen LogP contribution in [0, 0.1) is 20.8 Å². The molecule has 5 aromatic carbocycles. The number of nitrogens with zero attached hydrogens (tertiary/aromatic N) is 1. The Balaban J connectivity index is 0.000000380. The molecular weight excluding hydrogens is 496 g/mol. The van der Waals surface area contributed by atoms with Crippen molar-refractivity contribution in [3.05, 3.63) is 155 Å². The van der Waals surface area contributed by atoms with Crippen LogP contribution in [0.4, 0.5) is 11.4 Å². The molecule has 0 saturated carbocycles. The average molecular weight is 533 g/mol. The first-order chi connectivity index (χ1) is 20.1. The van der Waals surface area contributed by atoms with Gasteiger partial charge in [0.15, 0.2) is 0 Å². The van der Waals surface area contributed by atoms with E-state index in [4.69, 9.17) is 0 Å². The predicted molar refractivity (Wildman–Crippen MR) is 176 cm³/mol. The molecule has 6 aromatic rings. The fourth-order valence-corrected chi connectivity index (χ4v) is 5.85. The van der Waals surface area contributed by atoms with Crippen LogP contribution >= 0.6 is 0 Å². The summed E-state index contributed by atoms with van der Waals surface area (Å²) in [5.74, 6) is 0. The molecule has 2 nitrogen and oxygen atoms in total. The van der Waals surface area contributed by atoms with Crippen LogP contribution in [-0.2, 0) is 6.42 Å². The number of fused-ring (bicyclic) bond motifs is 3. The molecule has 1 heterocycles. The van der Waals surface area contributed by atoms with Gasteiger partial charge in [0.05, 0.1) is 11.2 Å². The Hall–Kier alpha value is -4.82. The molecule has 0 bridgehead atoms. The maximum absolute atomic E-state index is 3.82. The van der Waals surface area contributed by atoms with Gasteiger partial charge in [0.2, 0.25) is 0 Å². The number of para-hydroxylation sites is 2. The van der Waals surface area contributed by atoms with E-state index in [9.17, 15) is 0 Å². The lowest BCUT2D eigenvalue weighted by Gasteiger charge is -2.18. The van der Waals surface area contributed by atoms with Crippen molar-refractivity contribution >= 4 is 28.4 Å². The topological polar surface area (TPSA) is 17.0 Å². The average Bonchev–Trinajstić information content (AvgIpc) is 3.35. The number of aromatic nitrogens is 1. The minimum atomic E-state index is 1.05. The van der Waals surface area contributed by atoms with Gasteiger partial charge in [0, 0.05) is 28.0 Å². The van der Waals surface area contributed by atoms with Gasteiger partial charge in [0.1, 0.15) is 0 Å². The van der Waals surface area contributed by atoms with Crippen molar-refractivity contribution in [2.45, 2.75) is 33.6 Å². The molecule has 1 aliphatic rings. The number of hydrogen-bond acceptors (Lipinski definition) is 1. The van der Waals surface area contributed by atoms with Crippen LogP contribution in [0.1, 0.15) is 34.4 Å². The van der Waals surface area contributed by atoms with Crippen molar-refractivity contribution in [3.63, 3.8) is 0 Å². The van der Waals surface area contributed by atoms with Crippen LogP contribution in [-0.4, -0.2) is 4.57 Å². The lowest BCUT2D eigenvalue weighted by atomic mass is 9.95. The minimum Gasteiger partial charge on any atom is -0.354 e. The highest BCUT2D eigenvalue weighted by molar-refractivity contribution is 6.01. The highest BCUT2D eigenvalue weighted by Crippen LogP contribution is 2.39. The molecule has 0 aliphatic heterocycles. The first-order valence-corrected chi connectivity index (χ1v) is 14.4. The molecule has 1 N–H and O–H groups in total. The monoisotopic (exact) mass is 532 g/mol. The molecule has 0 amide bonds. The second kappa shape index (κ2) is 11.7. The van der Waals surface area contributed by atoms with Crippen LogP contribution in [0.25, 0.3) is 33.8 Å². The van der Waals surface area contributed by atoms with Gasteiger partial charge in [-0.2, -0.15) is 0 Å². The molecule has 2 heteroatoms. The zero-order chi connectivity index (χ0) is 28.2. The van der Waals surface area contributed by atoms with Crippen LogP contribution in [0.15, 0.2) is 127 Å². The van der Waals surface area contributed by atoms with Crippen molar-refractivity contribution in [2.75, 3.05) is 5.32 Å². The van der Waals surface area contributed by atoms with Gasteiger partial charge in [-0.3, -0.25) is 0 Å². The summed E-state index contributed by atoms with van der Waals surface area (Å²) in [6, 6.07) is 42.8. The van der Waals surface area contributed by atoms with Gasteiger partial charge < -0.3 is 9.88 Å². The van der Waals surface area contributed by atoms with Gasteiger partial charge in [-0.05, 0) is 80.1 Å². The van der Waals surface area contributed by atoms with Gasteiger partial charge in [-0.1, -0.05) is 115 Å². The molecule has 1 aliphatic carbocycles. The van der Waals surface area contributed by atoms with Crippen molar-refractivity contribution in [1.82, 2.24) is 4.57 Å². The Kier molecular flexibility index (Phi) is 7.56. The number of nitrogens with one attached hydrogen (secondary N) is 1. The molecular formula is C39H36N2. The zero-order valence-electron chi connectivity index (χ0n) is 24.1. The Morgan fingerprint density at radius 2 is 1.27 bits per heavy atom. The Morgan fingerprint density at radius 3 is 2.00 bits per heavy atom. The summed E-state index contributed by atoms with van der Waals surface area (Å²) in [7, 11) is 0. The molecule has 7 rings (SSSR count). The highest BCUT2D eigenvalue weighted by Gasteiger charge is 2.21. The van der Waals surface area contributed by atoms with Crippen LogP contribution in [0.5, 0.6) is 0 Å². The Morgan fingerprint density at radius 1 is 0.610 bits per heavy atom. The van der Waals surface area contributed by atoms with E-state index in [2.05, 4.69) is 146 Å². The van der Waals surface area contributed by atoms with E-state index in [1.165, 1.54) is 55.7 Å². The van der Waals surface area contributed by atoms with Crippen molar-refractivity contribution < 1.29 is 0 Å². The summed E-state index contributed by atoms with van der Waals surface area (Å²) in [6.45, 7) is 6.48. The second-order valence-electron chi connectivity index (χ2n) is 10.7. The lowest BCUT2D eigenvalue weighted by Crippen LogP contribution is -2.04. The smallest absolute Gasteiger partial charge is 0.0773 e. The van der Waals surface area contributed by atoms with Crippen LogP contribution in [0.2, 0.25) is 0 Å². The molecule has 0 spiro atoms. The third-order valence-corrected chi connectivity index (χ3v) is 7.96. The Labute approximate surface area is 243 Å². The summed E-state index contributed by atoms with van der Waals surface area (Å²) in [5.41, 5.74) is 13.9. The third kappa shape index (κ3) is 5.34. The van der Waals surface area contributed by atoms with E-state index < -0.39 is 0 Å². The highest BCUT2D eigenvalue weighted by atomic mass is 15.0. The molecule has 41 heavy (non-hydrogen) atoms. The molecule has 202 valence electrons. The number of rotatable bonds is 4. The van der Waals surface area contributed by atoms with Crippen LogP contribution < -0.4 is 5.32 Å². The molecule has 0 radical (unpaired) electrons. The predicted octanol–water partition coefficient (Wildman–Crippen LogP) is 10.6. The number of benzene rings is 5. The van der Waals surface area contributed by atoms with Crippen molar-refractivity contribution in [1.29, 1.82) is 0 Å². The quantitative estimate of drug-likeness (QED) is 0.239. The van der Waals surface area contributed by atoms with Crippen molar-refractivity contribution in [2.24, 2.45) is 0 Å². The largest absolute Gasteiger partial charge is 0.354 e. The Bertz CT molecular complexity index is 1830. The van der Waals surface area contributed by atoms with Gasteiger partial charge in [-0.15, -0.1) is 0 Å². The maximum Gasteiger partial charge on any atom is 0.0773 e. The second-order valence-corrected chi connectivity index (χ2v) is 10.7. The number of hydrogen-bond donors (Lipinski definition) is 1. The third-order valence-electron chi connectivity index (χ3n) is 7.96. The SMILES string of the molecule is Cc1ccccc1.Cc1ccccc1-c1cccc(Nc2cccc3c4c(n(-c5ccccc5)c23)CCC=C4)c1C. The minimum absolute atomic E-state index is 1.05. The molecule has 1 aromatic heterocycles. The molecule has 0 saturated heterocycles. The summed E-state index contributed by atoms with van der Waals surface area (Å²) < 4.78 is 2.46. The van der Waals surface area contributed by atoms with Gasteiger partial charge >= 0.3 is 0 Å². The fourth-order valence-electron chi connectivity index (χ4n) is 5.85. The summed E-state index contributed by atoms with van der Waals surface area (Å²) in [4.78, 5) is 0. The first-order valence-electron chi connectivity index (χ1n) is 14.4. The lowest BCUT2D eigenvalue weighted by molar-refractivity contribution is 0.889. The van der Waals surface area contributed by atoms with E-state index in [1.54, 1.807) is 0 Å². The van der Waals surface area contributed by atoms with E-state index in [0.717, 1.165) is 24.2 Å². The normalized spacial score (nSPS) is 12.0. The molecule has 0 atom stereocenters. The zero-order valence-corrected chi connectivity index (χ0v) is 24.1. The van der Waals surface area contributed by atoms with E-state index >= 15 is 0 Å². The number of aryl methyl sites for hydroxylation is 2. The van der Waals surface area contributed by atoms with Crippen molar-refractivity contribution in [3.8, 4) is 16.8 Å². The first kappa shape index (κ1) is 26.4. The fraction of sp³-hybridized carbons (Fsp3) is 0.128. The van der Waals surface area contributed by atoms with E-state index in [-0.39, 0.29) is 0 Å². The summed E-state index contributed by atoms with van der Waals surface area (Å²) >= 11 is 0. The van der Waals surface area contributed by atoms with Gasteiger partial charge in [0.25, 0.3) is 0 Å². The number of allylic oxidation sites excluding steroid dienone is 1. The molecule has 0 fully saturated rings. The standard InChI is InChI=1S/C32H28N2.C7H8/c1-22-12-6-7-15-25(22)26-17-10-19-29(23(26)2)33-30-20-11-18-28-27-16-8-9-21-31(27)34(32(28)30)24-13-4-3-5-14-24;1-7-5-3-2-4-6-7/h3-8,10-20,33H,9,21H2,1-2H3;2-6H,1H3. The maximum atomic E-state index is 3.82. The van der Waals surface area contributed by atoms with E-state index in [0.29, 0.717) is 0 Å². The van der Waals surface area contributed by atoms with Crippen LogP contribution in [0.3, 0.4) is 0 Å². The number of anilines is 2. The van der Waals surface area contributed by atoms with E-state index in [1.807, 2.05) is 18.2 Å². The summed E-state index contributed by atoms with van der Waals surface area (Å²) in [6.07, 6.45) is 6.73. The summed E-state index contributed by atoms with van der Waals surface area (Å²) in [5, 5.41) is 5.12. The van der Waals surface area contributed by atoms with Gasteiger partial charge in [-0.25, -0.2) is 0 Å².